The van der Waals surface area contributed by atoms with Gasteiger partial charge in [-0.3, -0.25) is 0 Å². The summed E-state index contributed by atoms with van der Waals surface area (Å²) in [4.78, 5) is 33.2. The van der Waals surface area contributed by atoms with Gasteiger partial charge in [0.2, 0.25) is 0 Å². The van der Waals surface area contributed by atoms with Gasteiger partial charge in [0.1, 0.15) is 0 Å². The van der Waals surface area contributed by atoms with Crippen LogP contribution < -0.4 is 0 Å². The second kappa shape index (κ2) is 23.5. The van der Waals surface area contributed by atoms with Crippen LogP contribution in [0, 0.1) is 50.9 Å². The number of rotatable bonds is 0. The van der Waals surface area contributed by atoms with Crippen LogP contribution >= 0.6 is 0 Å². The molecule has 0 amide bonds. The minimum absolute atomic E-state index is 0. The molecule has 96 valence electrons. The molecule has 0 saturated heterocycles. The summed E-state index contributed by atoms with van der Waals surface area (Å²) < 4.78 is 0. The van der Waals surface area contributed by atoms with E-state index in [2.05, 4.69) is 0 Å². The van der Waals surface area contributed by atoms with Crippen molar-refractivity contribution in [2.75, 3.05) is 0 Å². The van der Waals surface area contributed by atoms with Crippen molar-refractivity contribution in [1.82, 2.24) is 0 Å². The largest absolute Gasteiger partial charge is 2.00 e. The van der Waals surface area contributed by atoms with Gasteiger partial charge in [0.05, 0.1) is 10.2 Å². The minimum atomic E-state index is -1.75. The van der Waals surface area contributed by atoms with E-state index in [0.717, 1.165) is 0 Å². The molecule has 0 atom stereocenters. The zero-order valence-electron chi connectivity index (χ0n) is 7.47. The van der Waals surface area contributed by atoms with E-state index in [9.17, 15) is 0 Å². The van der Waals surface area contributed by atoms with Crippen molar-refractivity contribution >= 4 is 0 Å². The molecular weight excluding hydrogens is 449 g/mol. The third kappa shape index (κ3) is 369. The van der Waals surface area contributed by atoms with E-state index >= 15 is 0 Å². The molecule has 0 radical (unpaired) electrons. The summed E-state index contributed by atoms with van der Waals surface area (Å²) in [6.45, 7) is 0. The van der Waals surface area contributed by atoms with Gasteiger partial charge in [-0.15, -0.1) is 20.2 Å². The number of nitrogens with zero attached hydrogens (tertiary/aromatic N) is 4. The van der Waals surface area contributed by atoms with Gasteiger partial charge >= 0.3 is 27.7 Å². The zero-order valence-corrected chi connectivity index (χ0v) is 13.0. The van der Waals surface area contributed by atoms with E-state index in [-0.39, 0.29) is 27.7 Å². The Labute approximate surface area is 110 Å². The summed E-state index contributed by atoms with van der Waals surface area (Å²) in [5.41, 5.74) is 0. The number of hydrogen-bond acceptors (Lipinski definition) is 10. The average Bonchev–Trinajstić information content (AvgIpc) is 1.76. The summed E-state index contributed by atoms with van der Waals surface area (Å²) in [6, 6.07) is 0. The first kappa shape index (κ1) is 29.3. The monoisotopic (exact) mass is 452 g/mol. The van der Waals surface area contributed by atoms with Gasteiger partial charge in [-0.25, -0.2) is 0 Å². The second-order valence-corrected chi connectivity index (χ2v) is 0.923. The van der Waals surface area contributed by atoms with Crippen LogP contribution in [0.5, 0.6) is 0 Å². The van der Waals surface area contributed by atoms with Crippen molar-refractivity contribution in [2.45, 2.75) is 0 Å². The molecule has 17 heavy (non-hydrogen) atoms. The van der Waals surface area contributed by atoms with Crippen molar-refractivity contribution < 1.29 is 58.4 Å². The predicted octanol–water partition coefficient (Wildman–Crippen LogP) is -1.18. The molecule has 0 aliphatic rings. The average molecular weight is 451 g/mol. The van der Waals surface area contributed by atoms with Crippen LogP contribution in [0.1, 0.15) is 0 Å². The Morgan fingerprint density at radius 2 is 0.588 bits per heavy atom. The first-order valence-electron chi connectivity index (χ1n) is 2.23. The number of hydrogen-bond donors (Lipinski definition) is 2. The summed E-state index contributed by atoms with van der Waals surface area (Å²) in [6.07, 6.45) is 0. The van der Waals surface area contributed by atoms with Crippen LogP contribution in [-0.2, 0) is 27.7 Å². The third-order valence-corrected chi connectivity index (χ3v) is 0. The van der Waals surface area contributed by atoms with E-state index in [1.807, 2.05) is 0 Å². The molecule has 0 aliphatic carbocycles. The van der Waals surface area contributed by atoms with Gasteiger partial charge in [0, 0.05) is 0 Å². The third-order valence-electron chi connectivity index (χ3n) is 0. The minimum Gasteiger partial charge on any atom is -0.356 e. The van der Waals surface area contributed by atoms with Crippen LogP contribution in [0.3, 0.4) is 0 Å². The van der Waals surface area contributed by atoms with E-state index in [0.29, 0.717) is 0 Å². The summed E-state index contributed by atoms with van der Waals surface area (Å²) >= 11 is 0. The van der Waals surface area contributed by atoms with Crippen molar-refractivity contribution in [3.63, 3.8) is 0 Å². The van der Waals surface area contributed by atoms with Gasteiger partial charge in [-0.1, -0.05) is 0 Å². The molecule has 2 N–H and O–H groups in total. The maximum Gasteiger partial charge on any atom is 2.00 e. The fourth-order valence-electron chi connectivity index (χ4n) is 0. The molecule has 0 rings (SSSR count). The summed E-state index contributed by atoms with van der Waals surface area (Å²) in [5.74, 6) is 0. The van der Waals surface area contributed by atoms with E-state index in [4.69, 9.17) is 61.3 Å². The van der Waals surface area contributed by atoms with Crippen LogP contribution in [0.25, 0.3) is 0 Å². The molecule has 16 nitrogen and oxygen atoms in total. The van der Waals surface area contributed by atoms with Crippen LogP contribution in [0.2, 0.25) is 0 Å². The van der Waals surface area contributed by atoms with Crippen LogP contribution in [-0.4, -0.2) is 30.8 Å². The Morgan fingerprint density at radius 1 is 0.588 bits per heavy atom. The summed E-state index contributed by atoms with van der Waals surface area (Å²) in [7, 11) is 0. The van der Waals surface area contributed by atoms with Gasteiger partial charge in [-0.2, -0.15) is 0 Å². The maximum absolute atomic E-state index is 8.36. The predicted molar refractivity (Wildman–Crippen MR) is 38.3 cm³/mol. The second-order valence-electron chi connectivity index (χ2n) is 0.923. The molecule has 0 unspecified atom stereocenters. The molecule has 0 aliphatic heterocycles. The molecule has 0 bridgehead atoms. The molecule has 0 aromatic heterocycles. The van der Waals surface area contributed by atoms with Gasteiger partial charge in [0.25, 0.3) is 10.2 Å². The molecule has 0 aromatic carbocycles. The fourth-order valence-corrected chi connectivity index (χ4v) is 0. The Kier molecular flexibility index (Phi) is 40.6. The molecule has 0 saturated carbocycles. The van der Waals surface area contributed by atoms with Crippen LogP contribution in [0.15, 0.2) is 0 Å². The Morgan fingerprint density at radius 3 is 0.588 bits per heavy atom. The smallest absolute Gasteiger partial charge is 0.356 e. The van der Waals surface area contributed by atoms with Gasteiger partial charge in [-0.05, 0) is 0 Å². The summed E-state index contributed by atoms with van der Waals surface area (Å²) in [5, 5.41) is 56.8. The molecule has 0 heterocycles. The van der Waals surface area contributed by atoms with Crippen molar-refractivity contribution in [3.05, 3.63) is 50.9 Å². The molecule has 0 aromatic rings. The SMILES string of the molecule is O=[N+]([O-])O.O=[N+]([O-])O.O=[N+]([O-])[O-].O=[N+]([O-])[O-].[Hg+2]. The van der Waals surface area contributed by atoms with Crippen LogP contribution in [0.4, 0.5) is 0 Å². The van der Waals surface area contributed by atoms with E-state index in [1.165, 1.54) is 0 Å². The standard InChI is InChI=1S/Hg.2HNO3.2NO3/c;4*2-1(3)4/h;2*(H,2,3,4);;/q+2;;;2*-1. The Bertz CT molecular complexity index is 159. The van der Waals surface area contributed by atoms with Crippen molar-refractivity contribution in [1.29, 1.82) is 0 Å². The van der Waals surface area contributed by atoms with Crippen molar-refractivity contribution in [2.24, 2.45) is 0 Å². The molecule has 0 spiro atoms. The van der Waals surface area contributed by atoms with E-state index in [1.54, 1.807) is 0 Å². The first-order chi connectivity index (χ1) is 6.93. The fraction of sp³-hybridized carbons (Fsp3) is 0. The van der Waals surface area contributed by atoms with Gasteiger partial charge in [0.15, 0.2) is 0 Å². The van der Waals surface area contributed by atoms with E-state index < -0.39 is 20.3 Å². The Balaban J connectivity index is -0.0000000369. The van der Waals surface area contributed by atoms with Crippen molar-refractivity contribution in [3.8, 4) is 0 Å². The molecular formula is H2HgN4O12. The normalized spacial score (nSPS) is 5.65. The first-order valence-corrected chi connectivity index (χ1v) is 2.23. The molecule has 17 heteroatoms. The topological polar surface area (TPSA) is 259 Å². The quantitative estimate of drug-likeness (QED) is 0.251. The maximum atomic E-state index is 8.36. The molecule has 0 fully saturated rings. The zero-order chi connectivity index (χ0) is 14.3. The Hall–Kier alpha value is -2.26. The van der Waals surface area contributed by atoms with Gasteiger partial charge < -0.3 is 41.1 Å².